The van der Waals surface area contributed by atoms with Crippen molar-refractivity contribution < 1.29 is 14.6 Å². The predicted octanol–water partition coefficient (Wildman–Crippen LogP) is 2.32. The molecule has 1 aliphatic rings. The molecule has 0 aromatic heterocycles. The van der Waals surface area contributed by atoms with Gasteiger partial charge in [0.25, 0.3) is 0 Å². The van der Waals surface area contributed by atoms with Crippen LogP contribution in [0.2, 0.25) is 5.02 Å². The molecule has 0 unspecified atom stereocenters. The summed E-state index contributed by atoms with van der Waals surface area (Å²) in [4.78, 5) is 2.26. The van der Waals surface area contributed by atoms with Gasteiger partial charge in [0, 0.05) is 19.7 Å². The molecular weight excluding hydrogens is 266 g/mol. The molecule has 0 saturated heterocycles. The van der Waals surface area contributed by atoms with Crippen LogP contribution in [0.3, 0.4) is 0 Å². The van der Waals surface area contributed by atoms with Gasteiger partial charge in [0.15, 0.2) is 11.5 Å². The van der Waals surface area contributed by atoms with Crippen LogP contribution in [0.1, 0.15) is 18.9 Å². The average molecular weight is 286 g/mol. The van der Waals surface area contributed by atoms with Crippen molar-refractivity contribution in [1.29, 1.82) is 0 Å². The van der Waals surface area contributed by atoms with Crippen molar-refractivity contribution >= 4 is 11.6 Å². The average Bonchev–Trinajstić information content (AvgIpc) is 2.43. The molecule has 1 N–H and O–H groups in total. The van der Waals surface area contributed by atoms with Crippen molar-refractivity contribution in [3.63, 3.8) is 0 Å². The first-order chi connectivity index (χ1) is 9.24. The molecule has 0 spiro atoms. The van der Waals surface area contributed by atoms with E-state index in [0.717, 1.165) is 37.4 Å². The number of benzene rings is 1. The van der Waals surface area contributed by atoms with Crippen LogP contribution in [-0.2, 0) is 6.54 Å². The number of hydrogen-bond donors (Lipinski definition) is 1. The summed E-state index contributed by atoms with van der Waals surface area (Å²) in [6, 6.07) is 3.92. The Balaban J connectivity index is 2.09. The summed E-state index contributed by atoms with van der Waals surface area (Å²) in [5, 5.41) is 9.50. The van der Waals surface area contributed by atoms with Gasteiger partial charge in [0.05, 0.1) is 5.02 Å². The highest BCUT2D eigenvalue weighted by atomic mass is 35.5. The summed E-state index contributed by atoms with van der Waals surface area (Å²) in [6.07, 6.45) is 0.784. The van der Waals surface area contributed by atoms with Crippen LogP contribution in [0, 0.1) is 0 Å². The van der Waals surface area contributed by atoms with Gasteiger partial charge in [-0.05, 0) is 30.7 Å². The molecule has 2 rings (SSSR count). The zero-order valence-electron chi connectivity index (χ0n) is 11.2. The van der Waals surface area contributed by atoms with Crippen molar-refractivity contribution in [1.82, 2.24) is 4.90 Å². The van der Waals surface area contributed by atoms with Gasteiger partial charge in [-0.2, -0.15) is 0 Å². The minimum Gasteiger partial charge on any atom is -0.486 e. The van der Waals surface area contributed by atoms with Crippen LogP contribution in [0.5, 0.6) is 11.5 Å². The van der Waals surface area contributed by atoms with Gasteiger partial charge < -0.3 is 14.6 Å². The molecule has 19 heavy (non-hydrogen) atoms. The van der Waals surface area contributed by atoms with Crippen LogP contribution < -0.4 is 9.47 Å². The fourth-order valence-corrected chi connectivity index (χ4v) is 2.44. The van der Waals surface area contributed by atoms with Gasteiger partial charge in [0.1, 0.15) is 13.2 Å². The zero-order valence-corrected chi connectivity index (χ0v) is 11.9. The summed E-state index contributed by atoms with van der Waals surface area (Å²) >= 11 is 6.21. The smallest absolute Gasteiger partial charge is 0.179 e. The topological polar surface area (TPSA) is 41.9 Å². The van der Waals surface area contributed by atoms with Gasteiger partial charge in [-0.25, -0.2) is 0 Å². The second-order valence-corrected chi connectivity index (χ2v) is 4.95. The maximum Gasteiger partial charge on any atom is 0.179 e. The molecule has 0 amide bonds. The lowest BCUT2D eigenvalue weighted by Crippen LogP contribution is -2.25. The number of ether oxygens (including phenoxy) is 2. The largest absolute Gasteiger partial charge is 0.486 e. The Hall–Kier alpha value is -0.970. The maximum absolute atomic E-state index is 8.89. The fourth-order valence-electron chi connectivity index (χ4n) is 2.16. The van der Waals surface area contributed by atoms with Crippen molar-refractivity contribution in [3.05, 3.63) is 22.7 Å². The first-order valence-corrected chi connectivity index (χ1v) is 7.03. The maximum atomic E-state index is 8.89. The number of rotatable bonds is 6. The van der Waals surface area contributed by atoms with Gasteiger partial charge in [-0.3, -0.25) is 4.90 Å². The molecule has 4 nitrogen and oxygen atoms in total. The minimum atomic E-state index is 0.221. The highest BCUT2D eigenvalue weighted by molar-refractivity contribution is 6.32. The van der Waals surface area contributed by atoms with E-state index in [9.17, 15) is 0 Å². The van der Waals surface area contributed by atoms with E-state index in [0.29, 0.717) is 24.0 Å². The predicted molar refractivity (Wildman–Crippen MR) is 75.1 cm³/mol. The van der Waals surface area contributed by atoms with Crippen molar-refractivity contribution in [2.75, 3.05) is 32.9 Å². The molecule has 1 aliphatic heterocycles. The molecule has 1 aromatic rings. The summed E-state index contributed by atoms with van der Waals surface area (Å²) in [5.41, 5.74) is 1.11. The lowest BCUT2D eigenvalue weighted by atomic mass is 10.1. The lowest BCUT2D eigenvalue weighted by molar-refractivity contribution is 0.171. The van der Waals surface area contributed by atoms with Gasteiger partial charge >= 0.3 is 0 Å². The number of fused-ring (bicyclic) bond motifs is 1. The Morgan fingerprint density at radius 2 is 2.11 bits per heavy atom. The van der Waals surface area contributed by atoms with Gasteiger partial charge in [-0.15, -0.1) is 0 Å². The summed E-state index contributed by atoms with van der Waals surface area (Å²) in [5.74, 6) is 1.38. The highest BCUT2D eigenvalue weighted by Crippen LogP contribution is 2.38. The van der Waals surface area contributed by atoms with Crippen molar-refractivity contribution in [3.8, 4) is 11.5 Å². The van der Waals surface area contributed by atoms with E-state index in [1.807, 2.05) is 12.1 Å². The molecule has 0 fully saturated rings. The molecular formula is C14H20ClNO3. The first-order valence-electron chi connectivity index (χ1n) is 6.65. The third-order valence-corrected chi connectivity index (χ3v) is 3.42. The van der Waals surface area contributed by atoms with Crippen LogP contribution in [0.4, 0.5) is 0 Å². The molecule has 1 heterocycles. The van der Waals surface area contributed by atoms with E-state index < -0.39 is 0 Å². The third kappa shape index (κ3) is 3.75. The SMILES string of the molecule is CCN(CCCO)Cc1cc(Cl)c2c(c1)OCCO2. The molecule has 1 aromatic carbocycles. The molecule has 5 heteroatoms. The number of halogens is 1. The summed E-state index contributed by atoms with van der Waals surface area (Å²) in [7, 11) is 0. The van der Waals surface area contributed by atoms with Crippen LogP contribution in [0.25, 0.3) is 0 Å². The van der Waals surface area contributed by atoms with Crippen LogP contribution in [0.15, 0.2) is 12.1 Å². The molecule has 0 radical (unpaired) electrons. The third-order valence-electron chi connectivity index (χ3n) is 3.14. The molecule has 0 aliphatic carbocycles. The van der Waals surface area contributed by atoms with E-state index in [2.05, 4.69) is 11.8 Å². The van der Waals surface area contributed by atoms with Crippen molar-refractivity contribution in [2.45, 2.75) is 19.9 Å². The van der Waals surface area contributed by atoms with Crippen molar-refractivity contribution in [2.24, 2.45) is 0 Å². The van der Waals surface area contributed by atoms with E-state index in [-0.39, 0.29) is 6.61 Å². The second-order valence-electron chi connectivity index (χ2n) is 4.55. The van der Waals surface area contributed by atoms with Crippen LogP contribution >= 0.6 is 11.6 Å². The normalized spacial score (nSPS) is 13.9. The first kappa shape index (κ1) is 14.4. The highest BCUT2D eigenvalue weighted by Gasteiger charge is 2.17. The van der Waals surface area contributed by atoms with Gasteiger partial charge in [0.2, 0.25) is 0 Å². The molecule has 0 saturated carbocycles. The quantitative estimate of drug-likeness (QED) is 0.871. The standard InChI is InChI=1S/C14H20ClNO3/c1-2-16(4-3-5-17)10-11-8-12(15)14-13(9-11)18-6-7-19-14/h8-9,17H,2-7,10H2,1H3. The molecule has 0 atom stereocenters. The summed E-state index contributed by atoms with van der Waals surface area (Å²) in [6.45, 7) is 6.05. The van der Waals surface area contributed by atoms with Crippen LogP contribution in [-0.4, -0.2) is 42.9 Å². The Morgan fingerprint density at radius 3 is 2.84 bits per heavy atom. The van der Waals surface area contributed by atoms with E-state index in [4.69, 9.17) is 26.2 Å². The zero-order chi connectivity index (χ0) is 13.7. The number of hydrogen-bond acceptors (Lipinski definition) is 4. The number of aliphatic hydroxyl groups excluding tert-OH is 1. The monoisotopic (exact) mass is 285 g/mol. The number of aliphatic hydroxyl groups is 1. The van der Waals surface area contributed by atoms with E-state index in [1.165, 1.54) is 0 Å². The number of nitrogens with zero attached hydrogens (tertiary/aromatic N) is 1. The molecule has 0 bridgehead atoms. The van der Waals surface area contributed by atoms with Gasteiger partial charge in [-0.1, -0.05) is 18.5 Å². The van der Waals surface area contributed by atoms with E-state index in [1.54, 1.807) is 0 Å². The second kappa shape index (κ2) is 6.98. The Bertz CT molecular complexity index is 425. The Morgan fingerprint density at radius 1 is 1.32 bits per heavy atom. The van der Waals surface area contributed by atoms with E-state index >= 15 is 0 Å². The minimum absolute atomic E-state index is 0.221. The fraction of sp³-hybridized carbons (Fsp3) is 0.571. The Labute approximate surface area is 118 Å². The Kier molecular flexibility index (Phi) is 5.31. The lowest BCUT2D eigenvalue weighted by Gasteiger charge is -2.23. The summed E-state index contributed by atoms with van der Waals surface area (Å²) < 4.78 is 11.1. The molecule has 106 valence electrons.